The number of hydrogen-bond donors (Lipinski definition) is 2. The summed E-state index contributed by atoms with van der Waals surface area (Å²) < 4.78 is 10.3. The number of esters is 1. The molecular formula is C15H21BrN4O6. The van der Waals surface area contributed by atoms with E-state index in [9.17, 15) is 19.7 Å². The maximum atomic E-state index is 12.0. The molecule has 1 rings (SSSR count). The number of carbonyl (C=O) groups is 2. The van der Waals surface area contributed by atoms with Crippen molar-refractivity contribution in [2.45, 2.75) is 45.4 Å². The highest BCUT2D eigenvalue weighted by molar-refractivity contribution is 9.10. The molecule has 1 heterocycles. The highest BCUT2D eigenvalue weighted by atomic mass is 79.9. The summed E-state index contributed by atoms with van der Waals surface area (Å²) in [6, 6.07) is -0.457. The fourth-order valence-electron chi connectivity index (χ4n) is 1.96. The van der Waals surface area contributed by atoms with Crippen molar-refractivity contribution >= 4 is 39.5 Å². The van der Waals surface area contributed by atoms with E-state index in [-0.39, 0.29) is 5.69 Å². The van der Waals surface area contributed by atoms with Gasteiger partial charge in [-0.25, -0.2) is 9.59 Å². The number of pyridine rings is 1. The topological polar surface area (TPSA) is 133 Å². The normalized spacial score (nSPS) is 13.3. The highest BCUT2D eigenvalue weighted by Gasteiger charge is 2.31. The van der Waals surface area contributed by atoms with Gasteiger partial charge in [-0.15, -0.1) is 0 Å². The molecule has 144 valence electrons. The van der Waals surface area contributed by atoms with Gasteiger partial charge < -0.3 is 30.2 Å². The van der Waals surface area contributed by atoms with Gasteiger partial charge in [-0.1, -0.05) is 0 Å². The van der Waals surface area contributed by atoms with Crippen LogP contribution < -0.4 is 10.6 Å². The van der Waals surface area contributed by atoms with E-state index in [2.05, 4.69) is 31.5 Å². The van der Waals surface area contributed by atoms with Crippen molar-refractivity contribution in [1.29, 1.82) is 0 Å². The summed E-state index contributed by atoms with van der Waals surface area (Å²) in [6.45, 7) is 6.59. The molecule has 1 amide bonds. The number of amides is 1. The molecule has 26 heavy (non-hydrogen) atoms. The molecule has 2 atom stereocenters. The van der Waals surface area contributed by atoms with Gasteiger partial charge in [0.25, 0.3) is 0 Å². The van der Waals surface area contributed by atoms with Crippen molar-refractivity contribution < 1.29 is 24.0 Å². The summed E-state index contributed by atoms with van der Waals surface area (Å²) >= 11 is 3.18. The molecule has 11 heteroatoms. The molecule has 0 aliphatic heterocycles. The molecule has 2 unspecified atom stereocenters. The van der Waals surface area contributed by atoms with Crippen LogP contribution in [0.1, 0.15) is 27.7 Å². The molecule has 0 aromatic carbocycles. The van der Waals surface area contributed by atoms with Crippen LogP contribution in [0.3, 0.4) is 0 Å². The van der Waals surface area contributed by atoms with E-state index in [0.29, 0.717) is 4.47 Å². The van der Waals surface area contributed by atoms with Gasteiger partial charge in [0, 0.05) is 0 Å². The molecule has 0 saturated carbocycles. The Labute approximate surface area is 158 Å². The molecule has 1 aromatic rings. The zero-order valence-electron chi connectivity index (χ0n) is 15.0. The molecule has 2 N–H and O–H groups in total. The molecule has 1 aromatic heterocycles. The third-order valence-corrected chi connectivity index (χ3v) is 3.45. The first-order valence-corrected chi connectivity index (χ1v) is 8.37. The lowest BCUT2D eigenvalue weighted by Crippen LogP contribution is -2.52. The molecular weight excluding hydrogens is 412 g/mol. The predicted molar refractivity (Wildman–Crippen MR) is 96.8 cm³/mol. The van der Waals surface area contributed by atoms with Crippen LogP contribution in [0, 0.1) is 10.1 Å². The molecule has 10 nitrogen and oxygen atoms in total. The zero-order valence-corrected chi connectivity index (χ0v) is 16.6. The van der Waals surface area contributed by atoms with Gasteiger partial charge in [0.2, 0.25) is 0 Å². The molecule has 0 fully saturated rings. The van der Waals surface area contributed by atoms with E-state index in [1.165, 1.54) is 19.4 Å². The third-order valence-electron chi connectivity index (χ3n) is 3.02. The Balaban J connectivity index is 3.02. The summed E-state index contributed by atoms with van der Waals surface area (Å²) in [6.07, 6.45) is 0.466. The maximum absolute atomic E-state index is 12.0. The van der Waals surface area contributed by atoms with Crippen molar-refractivity contribution in [3.05, 3.63) is 26.9 Å². The number of nitro groups is 1. The Morgan fingerprint density at radius 1 is 1.38 bits per heavy atom. The number of nitrogens with zero attached hydrogens (tertiary/aromatic N) is 2. The summed E-state index contributed by atoms with van der Waals surface area (Å²) in [7, 11) is 1.17. The lowest BCUT2D eigenvalue weighted by atomic mass is 10.1. The quantitative estimate of drug-likeness (QED) is 0.398. The Hall–Kier alpha value is -2.43. The van der Waals surface area contributed by atoms with Gasteiger partial charge >= 0.3 is 17.9 Å². The number of anilines is 1. The first kappa shape index (κ1) is 21.6. The average Bonchev–Trinajstić information content (AvgIpc) is 2.49. The van der Waals surface area contributed by atoms with Crippen LogP contribution in [-0.2, 0) is 14.3 Å². The number of hydrogen-bond acceptors (Lipinski definition) is 8. The summed E-state index contributed by atoms with van der Waals surface area (Å²) in [5.74, 6) is -1.15. The fraction of sp³-hybridized carbons (Fsp3) is 0.533. The summed E-state index contributed by atoms with van der Waals surface area (Å²) in [4.78, 5) is 38.2. The lowest BCUT2D eigenvalue weighted by molar-refractivity contribution is -0.388. The third kappa shape index (κ3) is 6.47. The second kappa shape index (κ2) is 8.79. The van der Waals surface area contributed by atoms with Crippen molar-refractivity contribution in [3.63, 3.8) is 0 Å². The second-order valence-corrected chi connectivity index (χ2v) is 7.28. The minimum Gasteiger partial charge on any atom is -0.467 e. The number of nitrogens with one attached hydrogen (secondary N) is 2. The smallest absolute Gasteiger partial charge is 0.408 e. The van der Waals surface area contributed by atoms with Crippen molar-refractivity contribution in [2.24, 2.45) is 0 Å². The Bertz CT molecular complexity index is 691. The highest BCUT2D eigenvalue weighted by Crippen LogP contribution is 2.26. The first-order valence-electron chi connectivity index (χ1n) is 7.58. The zero-order chi connectivity index (χ0) is 20.1. The SMILES string of the molecule is COC(=O)C(NC(=O)OC(C)(C)C)C(C)Nc1cc(Br)cnc1[N+](=O)[O-]. The van der Waals surface area contributed by atoms with E-state index >= 15 is 0 Å². The van der Waals surface area contributed by atoms with Crippen molar-refractivity contribution in [3.8, 4) is 0 Å². The fourth-order valence-corrected chi connectivity index (χ4v) is 2.29. The van der Waals surface area contributed by atoms with Gasteiger partial charge in [0.1, 0.15) is 17.3 Å². The average molecular weight is 433 g/mol. The molecule has 0 bridgehead atoms. The van der Waals surface area contributed by atoms with Crippen LogP contribution in [0.2, 0.25) is 0 Å². The maximum Gasteiger partial charge on any atom is 0.408 e. The Morgan fingerprint density at radius 3 is 2.50 bits per heavy atom. The van der Waals surface area contributed by atoms with Crippen LogP contribution in [0.5, 0.6) is 0 Å². The van der Waals surface area contributed by atoms with Crippen LogP contribution in [-0.4, -0.2) is 46.8 Å². The number of rotatable bonds is 6. The second-order valence-electron chi connectivity index (χ2n) is 6.36. The number of alkyl carbamates (subject to hydrolysis) is 1. The lowest BCUT2D eigenvalue weighted by Gasteiger charge is -2.26. The van der Waals surface area contributed by atoms with Crippen LogP contribution >= 0.6 is 15.9 Å². The van der Waals surface area contributed by atoms with Crippen molar-refractivity contribution in [1.82, 2.24) is 10.3 Å². The van der Waals surface area contributed by atoms with Gasteiger partial charge in [-0.3, -0.25) is 0 Å². The minimum absolute atomic E-state index is 0.0803. The largest absolute Gasteiger partial charge is 0.467 e. The van der Waals surface area contributed by atoms with Crippen molar-refractivity contribution in [2.75, 3.05) is 12.4 Å². The Kier molecular flexibility index (Phi) is 7.30. The minimum atomic E-state index is -1.14. The van der Waals surface area contributed by atoms with E-state index in [1.807, 2.05) is 0 Å². The van der Waals surface area contributed by atoms with Crippen LogP contribution in [0.25, 0.3) is 0 Å². The number of ether oxygens (including phenoxy) is 2. The molecule has 0 spiro atoms. The standard InChI is InChI=1S/C15H21BrN4O6/c1-8(18-10-6-9(16)7-17-12(10)20(23)24)11(13(21)25-5)19-14(22)26-15(2,3)4/h6-8,11,18H,1-5H3,(H,19,22). The van der Waals surface area contributed by atoms with E-state index in [1.54, 1.807) is 27.7 Å². The number of carbonyl (C=O) groups excluding carboxylic acids is 2. The van der Waals surface area contributed by atoms with Gasteiger partial charge in [-0.2, -0.15) is 0 Å². The first-order chi connectivity index (χ1) is 11.9. The van der Waals surface area contributed by atoms with Gasteiger partial charge in [-0.05, 0) is 59.6 Å². The molecule has 0 radical (unpaired) electrons. The monoisotopic (exact) mass is 432 g/mol. The number of aromatic nitrogens is 1. The summed E-state index contributed by atoms with van der Waals surface area (Å²) in [5, 5.41) is 16.3. The van der Waals surface area contributed by atoms with Crippen LogP contribution in [0.15, 0.2) is 16.7 Å². The molecule has 0 saturated heterocycles. The van der Waals surface area contributed by atoms with Gasteiger partial charge in [0.05, 0.1) is 17.6 Å². The van der Waals surface area contributed by atoms with Crippen LogP contribution in [0.4, 0.5) is 16.3 Å². The summed E-state index contributed by atoms with van der Waals surface area (Å²) in [5.41, 5.74) is -0.675. The molecule has 0 aliphatic rings. The Morgan fingerprint density at radius 2 is 2.00 bits per heavy atom. The van der Waals surface area contributed by atoms with E-state index in [4.69, 9.17) is 9.47 Å². The molecule has 0 aliphatic carbocycles. The number of halogens is 1. The number of methoxy groups -OCH3 is 1. The van der Waals surface area contributed by atoms with E-state index in [0.717, 1.165) is 0 Å². The van der Waals surface area contributed by atoms with E-state index < -0.39 is 40.5 Å². The predicted octanol–water partition coefficient (Wildman–Crippen LogP) is 2.62. The van der Waals surface area contributed by atoms with Gasteiger partial charge in [0.15, 0.2) is 6.20 Å².